The summed E-state index contributed by atoms with van der Waals surface area (Å²) < 4.78 is 5.36. The second-order valence-corrected chi connectivity index (χ2v) is 4.71. The molecule has 1 aromatic carbocycles. The van der Waals surface area contributed by atoms with E-state index in [1.54, 1.807) is 45.3 Å². The van der Waals surface area contributed by atoms with Crippen molar-refractivity contribution in [1.82, 2.24) is 10.2 Å². The van der Waals surface area contributed by atoms with Crippen molar-refractivity contribution in [3.63, 3.8) is 0 Å². The highest BCUT2D eigenvalue weighted by Crippen LogP contribution is 2.11. The number of nitriles is 1. The van der Waals surface area contributed by atoms with Gasteiger partial charge in [-0.3, -0.25) is 9.59 Å². The Labute approximate surface area is 124 Å². The van der Waals surface area contributed by atoms with Gasteiger partial charge in [0.05, 0.1) is 17.6 Å². The molecule has 0 radical (unpaired) electrons. The Bertz CT molecular complexity index is 534. The van der Waals surface area contributed by atoms with Gasteiger partial charge in [0.2, 0.25) is 5.91 Å². The summed E-state index contributed by atoms with van der Waals surface area (Å²) in [5.41, 5.74) is 0.533. The van der Waals surface area contributed by atoms with Crippen LogP contribution in [0.1, 0.15) is 12.5 Å². The summed E-state index contributed by atoms with van der Waals surface area (Å²) in [6.07, 6.45) is 0. The number of rotatable bonds is 6. The van der Waals surface area contributed by atoms with Gasteiger partial charge >= 0.3 is 0 Å². The van der Waals surface area contributed by atoms with Gasteiger partial charge in [-0.2, -0.15) is 5.26 Å². The number of nitrogens with one attached hydrogen (secondary N) is 1. The molecular formula is C15H19N3O3. The number of carbonyl (C=O) groups is 2. The molecular weight excluding hydrogens is 270 g/mol. The topological polar surface area (TPSA) is 82.4 Å². The van der Waals surface area contributed by atoms with Crippen LogP contribution in [0.25, 0.3) is 0 Å². The lowest BCUT2D eigenvalue weighted by atomic mass is 10.1. The zero-order valence-electron chi connectivity index (χ0n) is 12.4. The number of likely N-dealkylation sites (N-methyl/N-ethyl adjacent to an activating group) is 1. The SMILES string of the molecule is CNC(=O)C(C)CN(C)C(=O)COc1ccc(C#N)cc1. The highest BCUT2D eigenvalue weighted by molar-refractivity contribution is 5.80. The van der Waals surface area contributed by atoms with E-state index in [4.69, 9.17) is 10.00 Å². The second-order valence-electron chi connectivity index (χ2n) is 4.71. The summed E-state index contributed by atoms with van der Waals surface area (Å²) in [4.78, 5) is 24.8. The molecule has 21 heavy (non-hydrogen) atoms. The molecule has 1 aromatic rings. The highest BCUT2D eigenvalue weighted by Gasteiger charge is 2.17. The smallest absolute Gasteiger partial charge is 0.260 e. The number of benzene rings is 1. The van der Waals surface area contributed by atoms with E-state index in [9.17, 15) is 9.59 Å². The number of amides is 2. The predicted molar refractivity (Wildman–Crippen MR) is 77.5 cm³/mol. The van der Waals surface area contributed by atoms with Crippen LogP contribution in [0.3, 0.4) is 0 Å². The van der Waals surface area contributed by atoms with Crippen molar-refractivity contribution in [2.75, 3.05) is 27.2 Å². The standard InChI is InChI=1S/C15H19N3O3/c1-11(15(20)17-2)9-18(3)14(19)10-21-13-6-4-12(8-16)5-7-13/h4-7,11H,9-10H2,1-3H3,(H,17,20). The maximum atomic E-state index is 11.9. The Kier molecular flexibility index (Phi) is 6.21. The molecule has 0 bridgehead atoms. The van der Waals surface area contributed by atoms with Crippen LogP contribution in [0.5, 0.6) is 5.75 Å². The molecule has 0 heterocycles. The second kappa shape index (κ2) is 7.90. The number of hydrogen-bond acceptors (Lipinski definition) is 4. The zero-order valence-corrected chi connectivity index (χ0v) is 12.4. The molecule has 0 aliphatic heterocycles. The summed E-state index contributed by atoms with van der Waals surface area (Å²) >= 11 is 0. The molecule has 6 nitrogen and oxygen atoms in total. The van der Waals surface area contributed by atoms with Crippen LogP contribution >= 0.6 is 0 Å². The van der Waals surface area contributed by atoms with Gasteiger partial charge in [-0.25, -0.2) is 0 Å². The molecule has 2 amide bonds. The minimum Gasteiger partial charge on any atom is -0.484 e. The first-order valence-electron chi connectivity index (χ1n) is 6.56. The van der Waals surface area contributed by atoms with Gasteiger partial charge in [0.1, 0.15) is 5.75 Å². The Morgan fingerprint density at radius 3 is 2.52 bits per heavy atom. The zero-order chi connectivity index (χ0) is 15.8. The third-order valence-corrected chi connectivity index (χ3v) is 3.01. The molecule has 0 aromatic heterocycles. The monoisotopic (exact) mass is 289 g/mol. The van der Waals surface area contributed by atoms with E-state index in [0.717, 1.165) is 0 Å². The van der Waals surface area contributed by atoms with Crippen molar-refractivity contribution in [2.45, 2.75) is 6.92 Å². The quantitative estimate of drug-likeness (QED) is 0.839. The molecule has 0 spiro atoms. The maximum Gasteiger partial charge on any atom is 0.260 e. The van der Waals surface area contributed by atoms with Crippen LogP contribution < -0.4 is 10.1 Å². The number of nitrogens with zero attached hydrogens (tertiary/aromatic N) is 2. The first-order chi connectivity index (χ1) is 9.97. The van der Waals surface area contributed by atoms with E-state index < -0.39 is 0 Å². The summed E-state index contributed by atoms with van der Waals surface area (Å²) in [5.74, 6) is -0.0771. The summed E-state index contributed by atoms with van der Waals surface area (Å²) in [7, 11) is 3.19. The van der Waals surface area contributed by atoms with Crippen molar-refractivity contribution in [1.29, 1.82) is 5.26 Å². The molecule has 112 valence electrons. The molecule has 1 N–H and O–H groups in total. The minimum absolute atomic E-state index is 0.108. The molecule has 0 aliphatic carbocycles. The molecule has 1 rings (SSSR count). The average Bonchev–Trinajstić information content (AvgIpc) is 2.51. The van der Waals surface area contributed by atoms with Crippen molar-refractivity contribution in [3.8, 4) is 11.8 Å². The molecule has 0 saturated heterocycles. The van der Waals surface area contributed by atoms with Crippen LogP contribution in [0.2, 0.25) is 0 Å². The lowest BCUT2D eigenvalue weighted by molar-refractivity contribution is -0.133. The lowest BCUT2D eigenvalue weighted by Gasteiger charge is -2.20. The van der Waals surface area contributed by atoms with E-state index in [2.05, 4.69) is 5.32 Å². The van der Waals surface area contributed by atoms with E-state index in [1.807, 2.05) is 6.07 Å². The molecule has 1 atom stereocenters. The predicted octanol–water partition coefficient (Wildman–Crippen LogP) is 0.778. The number of ether oxygens (including phenoxy) is 1. The molecule has 0 aliphatic rings. The number of carbonyl (C=O) groups excluding carboxylic acids is 2. The first kappa shape index (κ1) is 16.5. The number of hydrogen-bond donors (Lipinski definition) is 1. The van der Waals surface area contributed by atoms with Gasteiger partial charge in [-0.05, 0) is 24.3 Å². The van der Waals surface area contributed by atoms with Gasteiger partial charge in [-0.1, -0.05) is 6.92 Å². The Hall–Kier alpha value is -2.55. The van der Waals surface area contributed by atoms with Crippen LogP contribution in [0, 0.1) is 17.2 Å². The average molecular weight is 289 g/mol. The van der Waals surface area contributed by atoms with E-state index in [0.29, 0.717) is 17.9 Å². The van der Waals surface area contributed by atoms with Crippen molar-refractivity contribution < 1.29 is 14.3 Å². The molecule has 0 fully saturated rings. The van der Waals surface area contributed by atoms with Gasteiger partial charge in [0.25, 0.3) is 5.91 Å². The Morgan fingerprint density at radius 2 is 2.00 bits per heavy atom. The Balaban J connectivity index is 2.45. The van der Waals surface area contributed by atoms with Crippen LogP contribution in [-0.4, -0.2) is 44.0 Å². The fourth-order valence-corrected chi connectivity index (χ4v) is 1.72. The van der Waals surface area contributed by atoms with Crippen molar-refractivity contribution in [2.24, 2.45) is 5.92 Å². The summed E-state index contributed by atoms with van der Waals surface area (Å²) in [5, 5.41) is 11.2. The molecule has 6 heteroatoms. The van der Waals surface area contributed by atoms with Crippen LogP contribution in [-0.2, 0) is 9.59 Å². The lowest BCUT2D eigenvalue weighted by Crippen LogP contribution is -2.39. The van der Waals surface area contributed by atoms with E-state index >= 15 is 0 Å². The molecule has 0 saturated carbocycles. The van der Waals surface area contributed by atoms with Gasteiger partial charge in [0, 0.05) is 20.6 Å². The fraction of sp³-hybridized carbons (Fsp3) is 0.400. The largest absolute Gasteiger partial charge is 0.484 e. The fourth-order valence-electron chi connectivity index (χ4n) is 1.72. The van der Waals surface area contributed by atoms with Crippen LogP contribution in [0.4, 0.5) is 0 Å². The normalized spacial score (nSPS) is 11.1. The Morgan fingerprint density at radius 1 is 1.38 bits per heavy atom. The summed E-state index contributed by atoms with van der Waals surface area (Å²) in [6.45, 7) is 1.97. The van der Waals surface area contributed by atoms with Crippen molar-refractivity contribution in [3.05, 3.63) is 29.8 Å². The third kappa shape index (κ3) is 5.15. The molecule has 1 unspecified atom stereocenters. The first-order valence-corrected chi connectivity index (χ1v) is 6.56. The maximum absolute atomic E-state index is 11.9. The highest BCUT2D eigenvalue weighted by atomic mass is 16.5. The van der Waals surface area contributed by atoms with Gasteiger partial charge < -0.3 is 15.0 Å². The van der Waals surface area contributed by atoms with Crippen molar-refractivity contribution >= 4 is 11.8 Å². The van der Waals surface area contributed by atoms with Gasteiger partial charge in [0.15, 0.2) is 6.61 Å². The van der Waals surface area contributed by atoms with Gasteiger partial charge in [-0.15, -0.1) is 0 Å². The third-order valence-electron chi connectivity index (χ3n) is 3.01. The minimum atomic E-state index is -0.279. The van der Waals surface area contributed by atoms with E-state index in [1.165, 1.54) is 4.90 Å². The van der Waals surface area contributed by atoms with E-state index in [-0.39, 0.29) is 24.3 Å². The summed E-state index contributed by atoms with van der Waals surface area (Å²) in [6, 6.07) is 8.53. The van der Waals surface area contributed by atoms with Crippen LogP contribution in [0.15, 0.2) is 24.3 Å².